The van der Waals surface area contributed by atoms with E-state index in [1.54, 1.807) is 0 Å². The van der Waals surface area contributed by atoms with Crippen LogP contribution in [0.5, 0.6) is 5.75 Å². The fraction of sp³-hybridized carbons (Fsp3) is 0.526. The lowest BCUT2D eigenvalue weighted by Gasteiger charge is -2.17. The number of amides is 1. The van der Waals surface area contributed by atoms with Crippen molar-refractivity contribution in [2.45, 2.75) is 58.5 Å². The van der Waals surface area contributed by atoms with Gasteiger partial charge in [-0.05, 0) is 57.1 Å². The van der Waals surface area contributed by atoms with Crippen molar-refractivity contribution in [2.75, 3.05) is 6.54 Å². The summed E-state index contributed by atoms with van der Waals surface area (Å²) in [5.74, 6) is 0.768. The highest BCUT2D eigenvalue weighted by Gasteiger charge is 2.15. The molecule has 0 radical (unpaired) electrons. The van der Waals surface area contributed by atoms with Crippen LogP contribution in [-0.4, -0.2) is 18.6 Å². The zero-order chi connectivity index (χ0) is 15.8. The lowest BCUT2D eigenvalue weighted by molar-refractivity contribution is -0.127. The SMILES string of the molecule is CCc1ccccc1O[C@@H](C)C(=O)NCCC1=CCCCC1. The van der Waals surface area contributed by atoms with Crippen LogP contribution in [0.1, 0.15) is 51.5 Å². The Morgan fingerprint density at radius 2 is 2.14 bits per heavy atom. The van der Waals surface area contributed by atoms with Crippen LogP contribution in [0.4, 0.5) is 0 Å². The van der Waals surface area contributed by atoms with E-state index in [1.165, 1.54) is 31.3 Å². The molecule has 0 spiro atoms. The van der Waals surface area contributed by atoms with Gasteiger partial charge in [0.1, 0.15) is 5.75 Å². The molecule has 1 aromatic carbocycles. The summed E-state index contributed by atoms with van der Waals surface area (Å²) in [6, 6.07) is 7.90. The van der Waals surface area contributed by atoms with Crippen LogP contribution in [0.15, 0.2) is 35.9 Å². The molecule has 1 N–H and O–H groups in total. The number of hydrogen-bond donors (Lipinski definition) is 1. The Morgan fingerprint density at radius 3 is 2.86 bits per heavy atom. The minimum absolute atomic E-state index is 0.0395. The largest absolute Gasteiger partial charge is 0.481 e. The van der Waals surface area contributed by atoms with Gasteiger partial charge >= 0.3 is 0 Å². The van der Waals surface area contributed by atoms with E-state index >= 15 is 0 Å². The molecule has 0 aliphatic heterocycles. The summed E-state index contributed by atoms with van der Waals surface area (Å²) in [5.41, 5.74) is 2.62. The minimum Gasteiger partial charge on any atom is -0.481 e. The van der Waals surface area contributed by atoms with Crippen LogP contribution >= 0.6 is 0 Å². The molecule has 0 unspecified atom stereocenters. The average Bonchev–Trinajstić information content (AvgIpc) is 2.56. The summed E-state index contributed by atoms with van der Waals surface area (Å²) in [5, 5.41) is 2.98. The van der Waals surface area contributed by atoms with Gasteiger partial charge in [-0.1, -0.05) is 36.8 Å². The normalized spacial score (nSPS) is 15.8. The number of rotatable bonds is 7. The molecule has 0 fully saturated rings. The predicted molar refractivity (Wildman–Crippen MR) is 90.1 cm³/mol. The second kappa shape index (κ2) is 8.62. The number of carbonyl (C=O) groups excluding carboxylic acids is 1. The first-order valence-electron chi connectivity index (χ1n) is 8.41. The van der Waals surface area contributed by atoms with Crippen molar-refractivity contribution < 1.29 is 9.53 Å². The summed E-state index contributed by atoms with van der Waals surface area (Å²) in [6.45, 7) is 4.60. The second-order valence-corrected chi connectivity index (χ2v) is 5.87. The van der Waals surface area contributed by atoms with Crippen molar-refractivity contribution in [2.24, 2.45) is 0 Å². The molecule has 1 atom stereocenters. The molecule has 0 bridgehead atoms. The second-order valence-electron chi connectivity index (χ2n) is 5.87. The third kappa shape index (κ3) is 4.90. The molecule has 1 amide bonds. The van der Waals surface area contributed by atoms with E-state index in [4.69, 9.17) is 4.74 Å². The first-order chi connectivity index (χ1) is 10.7. The lowest BCUT2D eigenvalue weighted by atomic mass is 9.97. The van der Waals surface area contributed by atoms with E-state index in [0.717, 1.165) is 24.2 Å². The molecule has 0 saturated carbocycles. The Bertz CT molecular complexity index is 522. The third-order valence-electron chi connectivity index (χ3n) is 4.16. The number of hydrogen-bond acceptors (Lipinski definition) is 2. The van der Waals surface area contributed by atoms with E-state index < -0.39 is 6.10 Å². The van der Waals surface area contributed by atoms with Crippen molar-refractivity contribution in [3.63, 3.8) is 0 Å². The highest BCUT2D eigenvalue weighted by molar-refractivity contribution is 5.80. The van der Waals surface area contributed by atoms with Crippen molar-refractivity contribution in [3.05, 3.63) is 41.5 Å². The molecule has 0 saturated heterocycles. The van der Waals surface area contributed by atoms with Gasteiger partial charge in [0.05, 0.1) is 0 Å². The summed E-state index contributed by atoms with van der Waals surface area (Å²) >= 11 is 0. The van der Waals surface area contributed by atoms with Gasteiger partial charge in [-0.15, -0.1) is 0 Å². The molecule has 0 heterocycles. The molecule has 1 aromatic rings. The molecule has 2 rings (SSSR count). The fourth-order valence-corrected chi connectivity index (χ4v) is 2.78. The number of allylic oxidation sites excluding steroid dienone is 1. The number of aryl methyl sites for hydroxylation is 1. The van der Waals surface area contributed by atoms with Gasteiger partial charge in [-0.3, -0.25) is 4.79 Å². The summed E-state index contributed by atoms with van der Waals surface area (Å²) in [7, 11) is 0. The van der Waals surface area contributed by atoms with E-state index in [9.17, 15) is 4.79 Å². The summed E-state index contributed by atoms with van der Waals surface area (Å²) < 4.78 is 5.81. The number of benzene rings is 1. The van der Waals surface area contributed by atoms with E-state index in [2.05, 4.69) is 18.3 Å². The topological polar surface area (TPSA) is 38.3 Å². The highest BCUT2D eigenvalue weighted by atomic mass is 16.5. The maximum absolute atomic E-state index is 12.1. The molecule has 3 heteroatoms. The van der Waals surface area contributed by atoms with Gasteiger partial charge in [-0.25, -0.2) is 0 Å². The van der Waals surface area contributed by atoms with Crippen molar-refractivity contribution >= 4 is 5.91 Å². The predicted octanol–water partition coefficient (Wildman–Crippen LogP) is 4.02. The van der Waals surface area contributed by atoms with Gasteiger partial charge < -0.3 is 10.1 Å². The smallest absolute Gasteiger partial charge is 0.260 e. The molecular weight excluding hydrogens is 274 g/mol. The maximum Gasteiger partial charge on any atom is 0.260 e. The molecule has 1 aliphatic rings. The lowest BCUT2D eigenvalue weighted by Crippen LogP contribution is -2.37. The molecular formula is C19H27NO2. The van der Waals surface area contributed by atoms with Crippen molar-refractivity contribution in [1.82, 2.24) is 5.32 Å². The zero-order valence-electron chi connectivity index (χ0n) is 13.7. The van der Waals surface area contributed by atoms with E-state index in [0.29, 0.717) is 6.54 Å². The number of ether oxygens (including phenoxy) is 1. The number of carbonyl (C=O) groups is 1. The molecule has 120 valence electrons. The monoisotopic (exact) mass is 301 g/mol. The highest BCUT2D eigenvalue weighted by Crippen LogP contribution is 2.20. The van der Waals surface area contributed by atoms with Crippen molar-refractivity contribution in [3.8, 4) is 5.75 Å². The Kier molecular flexibility index (Phi) is 6.50. The average molecular weight is 301 g/mol. The Balaban J connectivity index is 1.78. The van der Waals surface area contributed by atoms with E-state index in [-0.39, 0.29) is 5.91 Å². The number of para-hydroxylation sites is 1. The molecule has 22 heavy (non-hydrogen) atoms. The molecule has 3 nitrogen and oxygen atoms in total. The summed E-state index contributed by atoms with van der Waals surface area (Å²) in [4.78, 5) is 12.1. The van der Waals surface area contributed by atoms with Crippen LogP contribution in [0.2, 0.25) is 0 Å². The standard InChI is InChI=1S/C19H27NO2/c1-3-17-11-7-8-12-18(17)22-15(2)19(21)20-14-13-16-9-5-4-6-10-16/h7-9,11-12,15H,3-6,10,13-14H2,1-2H3,(H,20,21)/t15-/m0/s1. The number of nitrogens with one attached hydrogen (secondary N) is 1. The van der Waals surface area contributed by atoms with Crippen LogP contribution in [-0.2, 0) is 11.2 Å². The van der Waals surface area contributed by atoms with Crippen LogP contribution in [0.25, 0.3) is 0 Å². The zero-order valence-corrected chi connectivity index (χ0v) is 13.7. The van der Waals surface area contributed by atoms with Crippen molar-refractivity contribution in [1.29, 1.82) is 0 Å². The third-order valence-corrected chi connectivity index (χ3v) is 4.16. The fourth-order valence-electron chi connectivity index (χ4n) is 2.78. The maximum atomic E-state index is 12.1. The minimum atomic E-state index is -0.465. The first kappa shape index (κ1) is 16.6. The van der Waals surface area contributed by atoms with Crippen LogP contribution < -0.4 is 10.1 Å². The first-order valence-corrected chi connectivity index (χ1v) is 8.41. The molecule has 0 aromatic heterocycles. The van der Waals surface area contributed by atoms with Gasteiger partial charge in [-0.2, -0.15) is 0 Å². The molecule has 1 aliphatic carbocycles. The quantitative estimate of drug-likeness (QED) is 0.772. The van der Waals surface area contributed by atoms with Gasteiger partial charge in [0.2, 0.25) is 0 Å². The van der Waals surface area contributed by atoms with E-state index in [1.807, 2.05) is 31.2 Å². The van der Waals surface area contributed by atoms with Gasteiger partial charge in [0.25, 0.3) is 5.91 Å². The summed E-state index contributed by atoms with van der Waals surface area (Å²) in [6.07, 6.45) is 8.69. The Hall–Kier alpha value is -1.77. The Morgan fingerprint density at radius 1 is 1.32 bits per heavy atom. The van der Waals surface area contributed by atoms with Crippen LogP contribution in [0.3, 0.4) is 0 Å². The van der Waals surface area contributed by atoms with Gasteiger partial charge in [0, 0.05) is 6.54 Å². The van der Waals surface area contributed by atoms with Gasteiger partial charge in [0.15, 0.2) is 6.10 Å². The van der Waals surface area contributed by atoms with Crippen LogP contribution in [0, 0.1) is 0 Å². The Labute approximate surface area is 133 Å².